The summed E-state index contributed by atoms with van der Waals surface area (Å²) in [6.07, 6.45) is -0.878. The third kappa shape index (κ3) is 3.13. The van der Waals surface area contributed by atoms with Crippen LogP contribution in [0, 0.1) is 0 Å². The topological polar surface area (TPSA) is 102 Å². The number of aliphatic hydroxyl groups excluding tert-OH is 1. The molecular weight excluding hydrogens is 190 g/mol. The molecule has 1 fully saturated rings. The fourth-order valence-corrected chi connectivity index (χ4v) is 1.61. The lowest BCUT2D eigenvalue weighted by atomic mass is 10.2. The fraction of sp³-hybridized carbons (Fsp3) is 0.875. The van der Waals surface area contributed by atoms with Crippen molar-refractivity contribution in [3.63, 3.8) is 0 Å². The van der Waals surface area contributed by atoms with Gasteiger partial charge in [-0.3, -0.25) is 0 Å². The number of carboxylic acid groups (broad SMARTS) is 1. The highest BCUT2D eigenvalue weighted by molar-refractivity contribution is 5.57. The molecule has 0 spiro atoms. The van der Waals surface area contributed by atoms with Crippen molar-refractivity contribution in [1.29, 1.82) is 0 Å². The second-order valence-electron chi connectivity index (χ2n) is 3.27. The van der Waals surface area contributed by atoms with Gasteiger partial charge in [-0.1, -0.05) is 0 Å². The number of carbonyl (C=O) groups is 1. The van der Waals surface area contributed by atoms with E-state index in [4.69, 9.17) is 20.7 Å². The van der Waals surface area contributed by atoms with E-state index in [-0.39, 0.29) is 25.4 Å². The summed E-state index contributed by atoms with van der Waals surface area (Å²) in [6, 6.07) is -0.310. The predicted octanol–water partition coefficient (Wildman–Crippen LogP) is -0.452. The Bertz CT molecular complexity index is 198. The maximum Gasteiger partial charge on any atom is 0.506 e. The molecule has 0 saturated heterocycles. The van der Waals surface area contributed by atoms with Crippen LogP contribution in [0.4, 0.5) is 4.79 Å². The molecular formula is C8H15NO5. The van der Waals surface area contributed by atoms with Crippen LogP contribution in [-0.2, 0) is 9.47 Å². The summed E-state index contributed by atoms with van der Waals surface area (Å²) in [5.74, 6) is 0. The molecule has 14 heavy (non-hydrogen) atoms. The molecule has 1 rings (SSSR count). The molecule has 3 atom stereocenters. The number of hydrogen-bond acceptors (Lipinski definition) is 5. The summed E-state index contributed by atoms with van der Waals surface area (Å²) in [4.78, 5) is 10.3. The van der Waals surface area contributed by atoms with Crippen molar-refractivity contribution >= 4 is 6.16 Å². The molecule has 0 aliphatic heterocycles. The van der Waals surface area contributed by atoms with Crippen molar-refractivity contribution in [3.8, 4) is 0 Å². The maximum atomic E-state index is 10.3. The van der Waals surface area contributed by atoms with Crippen LogP contribution in [0.25, 0.3) is 0 Å². The Balaban J connectivity index is 2.31. The van der Waals surface area contributed by atoms with Crippen molar-refractivity contribution in [1.82, 2.24) is 0 Å². The van der Waals surface area contributed by atoms with E-state index in [1.54, 1.807) is 0 Å². The summed E-state index contributed by atoms with van der Waals surface area (Å²) in [5.41, 5.74) is 5.66. The third-order valence-electron chi connectivity index (χ3n) is 2.20. The molecule has 0 aromatic heterocycles. The minimum atomic E-state index is -1.31. The van der Waals surface area contributed by atoms with Crippen molar-refractivity contribution in [2.75, 3.05) is 13.2 Å². The van der Waals surface area contributed by atoms with E-state index in [2.05, 4.69) is 4.74 Å². The molecule has 82 valence electrons. The number of aliphatic hydroxyl groups is 1. The van der Waals surface area contributed by atoms with Crippen molar-refractivity contribution in [3.05, 3.63) is 0 Å². The van der Waals surface area contributed by atoms with E-state index in [0.29, 0.717) is 12.8 Å². The lowest BCUT2D eigenvalue weighted by molar-refractivity contribution is 0.0147. The standard InChI is InChI=1S/C8H15NO5/c9-6-3-5(13-2-1-10)4-7(6)14-8(11)12/h5-7,10H,1-4,9H2,(H,11,12). The molecule has 1 aliphatic rings. The van der Waals surface area contributed by atoms with E-state index >= 15 is 0 Å². The van der Waals surface area contributed by atoms with Gasteiger partial charge in [0.1, 0.15) is 6.10 Å². The molecule has 0 bridgehead atoms. The summed E-state index contributed by atoms with van der Waals surface area (Å²) >= 11 is 0. The van der Waals surface area contributed by atoms with E-state index in [0.717, 1.165) is 0 Å². The Morgan fingerprint density at radius 1 is 1.50 bits per heavy atom. The third-order valence-corrected chi connectivity index (χ3v) is 2.20. The van der Waals surface area contributed by atoms with Crippen LogP contribution in [0.5, 0.6) is 0 Å². The minimum absolute atomic E-state index is 0.0454. The molecule has 6 heteroatoms. The van der Waals surface area contributed by atoms with E-state index in [1.807, 2.05) is 0 Å². The lowest BCUT2D eigenvalue weighted by Gasteiger charge is -2.12. The van der Waals surface area contributed by atoms with Crippen molar-refractivity contribution in [2.24, 2.45) is 5.73 Å². The fourth-order valence-electron chi connectivity index (χ4n) is 1.61. The highest BCUT2D eigenvalue weighted by Crippen LogP contribution is 2.23. The van der Waals surface area contributed by atoms with Crippen LogP contribution in [0.15, 0.2) is 0 Å². The first-order valence-electron chi connectivity index (χ1n) is 4.51. The zero-order valence-electron chi connectivity index (χ0n) is 7.76. The van der Waals surface area contributed by atoms with Crippen LogP contribution < -0.4 is 5.73 Å². The SMILES string of the molecule is NC1CC(OCCO)CC1OC(=O)O. The Kier molecular flexibility index (Phi) is 4.12. The summed E-state index contributed by atoms with van der Waals surface area (Å²) in [6.45, 7) is 0.202. The Morgan fingerprint density at radius 2 is 2.21 bits per heavy atom. The highest BCUT2D eigenvalue weighted by Gasteiger charge is 2.35. The average molecular weight is 205 g/mol. The van der Waals surface area contributed by atoms with Crippen molar-refractivity contribution in [2.45, 2.75) is 31.1 Å². The highest BCUT2D eigenvalue weighted by atomic mass is 16.7. The van der Waals surface area contributed by atoms with Gasteiger partial charge in [-0.15, -0.1) is 0 Å². The summed E-state index contributed by atoms with van der Waals surface area (Å²) in [5, 5.41) is 16.9. The van der Waals surface area contributed by atoms with Gasteiger partial charge in [0.15, 0.2) is 0 Å². The molecule has 0 radical (unpaired) electrons. The number of hydrogen-bond donors (Lipinski definition) is 3. The largest absolute Gasteiger partial charge is 0.506 e. The van der Waals surface area contributed by atoms with E-state index in [9.17, 15) is 4.79 Å². The second kappa shape index (κ2) is 5.14. The minimum Gasteiger partial charge on any atom is -0.450 e. The van der Waals surface area contributed by atoms with Gasteiger partial charge in [0.05, 0.1) is 19.3 Å². The first-order valence-corrected chi connectivity index (χ1v) is 4.51. The molecule has 0 amide bonds. The van der Waals surface area contributed by atoms with Gasteiger partial charge in [0.2, 0.25) is 0 Å². The van der Waals surface area contributed by atoms with Crippen molar-refractivity contribution < 1.29 is 24.5 Å². The van der Waals surface area contributed by atoms with Crippen LogP contribution in [-0.4, -0.2) is 47.8 Å². The first-order chi connectivity index (χ1) is 6.63. The first kappa shape index (κ1) is 11.2. The molecule has 0 aromatic carbocycles. The van der Waals surface area contributed by atoms with Crippen LogP contribution in [0.3, 0.4) is 0 Å². The monoisotopic (exact) mass is 205 g/mol. The van der Waals surface area contributed by atoms with Crippen LogP contribution in [0.1, 0.15) is 12.8 Å². The van der Waals surface area contributed by atoms with Gasteiger partial charge in [-0.25, -0.2) is 4.79 Å². The average Bonchev–Trinajstić information content (AvgIpc) is 2.43. The van der Waals surface area contributed by atoms with Gasteiger partial charge in [-0.05, 0) is 6.42 Å². The number of rotatable bonds is 4. The van der Waals surface area contributed by atoms with Crippen LogP contribution >= 0.6 is 0 Å². The summed E-state index contributed by atoms with van der Waals surface area (Å²) in [7, 11) is 0. The van der Waals surface area contributed by atoms with Crippen LogP contribution in [0.2, 0.25) is 0 Å². The van der Waals surface area contributed by atoms with Gasteiger partial charge < -0.3 is 25.4 Å². The van der Waals surface area contributed by atoms with Gasteiger partial charge in [0, 0.05) is 12.5 Å². The zero-order valence-corrected chi connectivity index (χ0v) is 7.76. The molecule has 0 heterocycles. The smallest absolute Gasteiger partial charge is 0.450 e. The zero-order chi connectivity index (χ0) is 10.6. The number of ether oxygens (including phenoxy) is 2. The maximum absolute atomic E-state index is 10.3. The quantitative estimate of drug-likeness (QED) is 0.537. The molecule has 1 saturated carbocycles. The molecule has 1 aliphatic carbocycles. The Morgan fingerprint density at radius 3 is 2.79 bits per heavy atom. The van der Waals surface area contributed by atoms with E-state index < -0.39 is 12.3 Å². The Labute approximate surface area is 81.6 Å². The molecule has 4 N–H and O–H groups in total. The lowest BCUT2D eigenvalue weighted by Crippen LogP contribution is -2.32. The Hall–Kier alpha value is -0.850. The summed E-state index contributed by atoms with van der Waals surface area (Å²) < 4.78 is 9.81. The van der Waals surface area contributed by atoms with E-state index in [1.165, 1.54) is 0 Å². The molecule has 6 nitrogen and oxygen atoms in total. The number of nitrogens with two attached hydrogens (primary N) is 1. The van der Waals surface area contributed by atoms with Gasteiger partial charge >= 0.3 is 6.16 Å². The van der Waals surface area contributed by atoms with Gasteiger partial charge in [0.25, 0.3) is 0 Å². The predicted molar refractivity (Wildman–Crippen MR) is 46.9 cm³/mol. The van der Waals surface area contributed by atoms with Gasteiger partial charge in [-0.2, -0.15) is 0 Å². The molecule has 3 unspecified atom stereocenters. The second-order valence-corrected chi connectivity index (χ2v) is 3.27. The molecule has 0 aromatic rings. The normalized spacial score (nSPS) is 31.7.